The molecule has 0 radical (unpaired) electrons. The van der Waals surface area contributed by atoms with Crippen molar-refractivity contribution in [3.05, 3.63) is 65.4 Å². The van der Waals surface area contributed by atoms with Gasteiger partial charge in [0.1, 0.15) is 17.9 Å². The number of hydrogen-bond donors (Lipinski definition) is 1. The van der Waals surface area contributed by atoms with Crippen LogP contribution in [0.15, 0.2) is 52.9 Å². The standard InChI is InChI=1S/C18H16O4/c1-2-14-15-10-13(21-11-12-6-4-3-5-7-12)8-9-16(15)22-17(14)18(19)20/h3-10H,2,11H2,1H3,(H,19,20). The highest BCUT2D eigenvalue weighted by Crippen LogP contribution is 2.30. The first-order valence-corrected chi connectivity index (χ1v) is 7.14. The van der Waals surface area contributed by atoms with E-state index in [9.17, 15) is 9.90 Å². The Labute approximate surface area is 127 Å². The zero-order valence-electron chi connectivity index (χ0n) is 12.2. The van der Waals surface area contributed by atoms with Crippen molar-refractivity contribution < 1.29 is 19.1 Å². The predicted octanol–water partition coefficient (Wildman–Crippen LogP) is 4.27. The Kier molecular flexibility index (Phi) is 3.83. The van der Waals surface area contributed by atoms with E-state index in [0.29, 0.717) is 29.9 Å². The van der Waals surface area contributed by atoms with Crippen LogP contribution in [0.3, 0.4) is 0 Å². The fourth-order valence-electron chi connectivity index (χ4n) is 2.48. The molecule has 0 bridgehead atoms. The van der Waals surface area contributed by atoms with Crippen LogP contribution in [-0.4, -0.2) is 11.1 Å². The normalized spacial score (nSPS) is 10.8. The van der Waals surface area contributed by atoms with Gasteiger partial charge < -0.3 is 14.3 Å². The van der Waals surface area contributed by atoms with E-state index >= 15 is 0 Å². The number of fused-ring (bicyclic) bond motifs is 1. The summed E-state index contributed by atoms with van der Waals surface area (Å²) in [6.45, 7) is 2.38. The third-order valence-electron chi connectivity index (χ3n) is 3.56. The van der Waals surface area contributed by atoms with E-state index in [1.807, 2.05) is 43.3 Å². The summed E-state index contributed by atoms with van der Waals surface area (Å²) in [6, 6.07) is 15.3. The van der Waals surface area contributed by atoms with Crippen molar-refractivity contribution in [2.24, 2.45) is 0 Å². The maximum atomic E-state index is 11.2. The van der Waals surface area contributed by atoms with Gasteiger partial charge >= 0.3 is 5.97 Å². The zero-order chi connectivity index (χ0) is 15.5. The van der Waals surface area contributed by atoms with E-state index in [1.54, 1.807) is 12.1 Å². The maximum Gasteiger partial charge on any atom is 0.372 e. The second-order valence-electron chi connectivity index (χ2n) is 5.00. The molecule has 0 unspecified atom stereocenters. The Morgan fingerprint density at radius 1 is 1.18 bits per heavy atom. The van der Waals surface area contributed by atoms with Crippen LogP contribution in [0, 0.1) is 0 Å². The van der Waals surface area contributed by atoms with Gasteiger partial charge in [0.2, 0.25) is 5.76 Å². The van der Waals surface area contributed by atoms with Crippen molar-refractivity contribution in [1.82, 2.24) is 0 Å². The number of aryl methyl sites for hydroxylation is 1. The quantitative estimate of drug-likeness (QED) is 0.763. The lowest BCUT2D eigenvalue weighted by Crippen LogP contribution is -1.97. The van der Waals surface area contributed by atoms with Crippen molar-refractivity contribution in [3.8, 4) is 5.75 Å². The summed E-state index contributed by atoms with van der Waals surface area (Å²) in [5, 5.41) is 9.99. The van der Waals surface area contributed by atoms with E-state index in [4.69, 9.17) is 9.15 Å². The molecule has 0 amide bonds. The maximum absolute atomic E-state index is 11.2. The highest BCUT2D eigenvalue weighted by atomic mass is 16.5. The molecule has 4 nitrogen and oxygen atoms in total. The summed E-state index contributed by atoms with van der Waals surface area (Å²) in [4.78, 5) is 11.2. The van der Waals surface area contributed by atoms with Crippen LogP contribution in [0.5, 0.6) is 5.75 Å². The molecule has 0 aliphatic rings. The predicted molar refractivity (Wildman–Crippen MR) is 83.3 cm³/mol. The Morgan fingerprint density at radius 2 is 1.95 bits per heavy atom. The molecule has 22 heavy (non-hydrogen) atoms. The lowest BCUT2D eigenvalue weighted by molar-refractivity contribution is 0.0663. The van der Waals surface area contributed by atoms with Gasteiger partial charge in [-0.3, -0.25) is 0 Å². The number of hydrogen-bond acceptors (Lipinski definition) is 3. The minimum atomic E-state index is -1.04. The smallest absolute Gasteiger partial charge is 0.372 e. The van der Waals surface area contributed by atoms with Crippen molar-refractivity contribution in [3.63, 3.8) is 0 Å². The summed E-state index contributed by atoms with van der Waals surface area (Å²) in [5.41, 5.74) is 2.35. The Balaban J connectivity index is 1.90. The molecule has 112 valence electrons. The lowest BCUT2D eigenvalue weighted by atomic mass is 10.1. The molecular weight excluding hydrogens is 280 g/mol. The second kappa shape index (κ2) is 5.93. The molecule has 3 rings (SSSR count). The molecule has 0 atom stereocenters. The molecule has 1 N–H and O–H groups in total. The van der Waals surface area contributed by atoms with E-state index in [-0.39, 0.29) is 5.76 Å². The molecule has 0 fully saturated rings. The molecule has 0 aliphatic heterocycles. The van der Waals surface area contributed by atoms with Gasteiger partial charge in [0, 0.05) is 10.9 Å². The van der Waals surface area contributed by atoms with Gasteiger partial charge in [-0.2, -0.15) is 0 Å². The Morgan fingerprint density at radius 3 is 2.64 bits per heavy atom. The second-order valence-corrected chi connectivity index (χ2v) is 5.00. The number of carboxylic acids is 1. The van der Waals surface area contributed by atoms with Crippen molar-refractivity contribution in [2.45, 2.75) is 20.0 Å². The minimum Gasteiger partial charge on any atom is -0.489 e. The highest BCUT2D eigenvalue weighted by Gasteiger charge is 2.18. The summed E-state index contributed by atoms with van der Waals surface area (Å²) in [5.74, 6) is -0.332. The fourth-order valence-corrected chi connectivity index (χ4v) is 2.48. The first-order valence-electron chi connectivity index (χ1n) is 7.14. The summed E-state index contributed by atoms with van der Waals surface area (Å²) in [6.07, 6.45) is 0.594. The van der Waals surface area contributed by atoms with E-state index in [1.165, 1.54) is 0 Å². The monoisotopic (exact) mass is 296 g/mol. The number of ether oxygens (including phenoxy) is 1. The molecule has 3 aromatic rings. The van der Waals surface area contributed by atoms with Crippen LogP contribution in [0.25, 0.3) is 11.0 Å². The molecule has 2 aromatic carbocycles. The van der Waals surface area contributed by atoms with Gasteiger partial charge in [-0.1, -0.05) is 37.3 Å². The van der Waals surface area contributed by atoms with Gasteiger partial charge in [-0.05, 0) is 30.2 Å². The number of carboxylic acid groups (broad SMARTS) is 1. The minimum absolute atomic E-state index is 0.0118. The number of rotatable bonds is 5. The van der Waals surface area contributed by atoms with Crippen LogP contribution < -0.4 is 4.74 Å². The highest BCUT2D eigenvalue weighted by molar-refractivity contribution is 5.95. The number of benzene rings is 2. The van der Waals surface area contributed by atoms with E-state index < -0.39 is 5.97 Å². The summed E-state index contributed by atoms with van der Waals surface area (Å²) >= 11 is 0. The van der Waals surface area contributed by atoms with Gasteiger partial charge in [0.25, 0.3) is 0 Å². The van der Waals surface area contributed by atoms with Gasteiger partial charge in [0.05, 0.1) is 0 Å². The number of furan rings is 1. The molecule has 0 saturated heterocycles. The molecule has 0 saturated carbocycles. The number of aromatic carboxylic acids is 1. The zero-order valence-corrected chi connectivity index (χ0v) is 12.2. The van der Waals surface area contributed by atoms with Gasteiger partial charge in [-0.15, -0.1) is 0 Å². The van der Waals surface area contributed by atoms with Gasteiger partial charge in [-0.25, -0.2) is 4.79 Å². The molecule has 0 aliphatic carbocycles. The topological polar surface area (TPSA) is 59.7 Å². The third kappa shape index (κ3) is 2.68. The largest absolute Gasteiger partial charge is 0.489 e. The summed E-state index contributed by atoms with van der Waals surface area (Å²) < 4.78 is 11.2. The number of carbonyl (C=O) groups is 1. The Bertz CT molecular complexity index is 803. The van der Waals surface area contributed by atoms with Crippen LogP contribution >= 0.6 is 0 Å². The van der Waals surface area contributed by atoms with Gasteiger partial charge in [0.15, 0.2) is 0 Å². The molecule has 1 heterocycles. The van der Waals surface area contributed by atoms with E-state index in [0.717, 1.165) is 10.9 Å². The first kappa shape index (κ1) is 14.2. The van der Waals surface area contributed by atoms with Crippen molar-refractivity contribution in [2.75, 3.05) is 0 Å². The molecular formula is C18H16O4. The van der Waals surface area contributed by atoms with Crippen LogP contribution in [0.1, 0.15) is 28.6 Å². The van der Waals surface area contributed by atoms with Crippen molar-refractivity contribution >= 4 is 16.9 Å². The van der Waals surface area contributed by atoms with Crippen LogP contribution in [0.2, 0.25) is 0 Å². The molecule has 0 spiro atoms. The van der Waals surface area contributed by atoms with Crippen LogP contribution in [-0.2, 0) is 13.0 Å². The molecule has 4 heteroatoms. The van der Waals surface area contributed by atoms with Crippen LogP contribution in [0.4, 0.5) is 0 Å². The fraction of sp³-hybridized carbons (Fsp3) is 0.167. The first-order chi connectivity index (χ1) is 10.7. The summed E-state index contributed by atoms with van der Waals surface area (Å²) in [7, 11) is 0. The van der Waals surface area contributed by atoms with Crippen molar-refractivity contribution in [1.29, 1.82) is 0 Å². The lowest BCUT2D eigenvalue weighted by Gasteiger charge is -2.06. The average molecular weight is 296 g/mol. The average Bonchev–Trinajstić information content (AvgIpc) is 2.92. The molecule has 1 aromatic heterocycles. The van der Waals surface area contributed by atoms with E-state index in [2.05, 4.69) is 0 Å². The Hall–Kier alpha value is -2.75. The third-order valence-corrected chi connectivity index (χ3v) is 3.56. The SMILES string of the molecule is CCc1c(C(=O)O)oc2ccc(OCc3ccccc3)cc12.